The largest absolute Gasteiger partial charge is 0.391 e. The first kappa shape index (κ1) is 19.0. The zero-order valence-electron chi connectivity index (χ0n) is 15.3. The van der Waals surface area contributed by atoms with Gasteiger partial charge in [0, 0.05) is 43.5 Å². The van der Waals surface area contributed by atoms with Crippen molar-refractivity contribution in [1.82, 2.24) is 35.4 Å². The van der Waals surface area contributed by atoms with Gasteiger partial charge >= 0.3 is 0 Å². The van der Waals surface area contributed by atoms with Crippen molar-refractivity contribution in [1.29, 1.82) is 0 Å². The summed E-state index contributed by atoms with van der Waals surface area (Å²) in [4.78, 5) is 24.4. The van der Waals surface area contributed by atoms with E-state index in [-0.39, 0.29) is 24.2 Å². The summed E-state index contributed by atoms with van der Waals surface area (Å²) in [5.74, 6) is -0.575. The molecule has 146 valence electrons. The van der Waals surface area contributed by atoms with Crippen LogP contribution in [0.2, 0.25) is 0 Å². The fraction of sp³-hybridized carbons (Fsp3) is 0.588. The lowest BCUT2D eigenvalue weighted by atomic mass is 10.1. The molecule has 2 amide bonds. The van der Waals surface area contributed by atoms with Crippen molar-refractivity contribution in [3.63, 3.8) is 0 Å². The van der Waals surface area contributed by atoms with Crippen LogP contribution in [0.15, 0.2) is 24.7 Å². The van der Waals surface area contributed by atoms with E-state index in [1.54, 1.807) is 28.0 Å². The Morgan fingerprint density at radius 3 is 2.85 bits per heavy atom. The first-order chi connectivity index (χ1) is 13.0. The molecule has 1 aliphatic carbocycles. The number of aliphatic hydroxyl groups is 1. The van der Waals surface area contributed by atoms with E-state index in [1.807, 2.05) is 13.0 Å². The topological polar surface area (TPSA) is 127 Å². The van der Waals surface area contributed by atoms with Gasteiger partial charge < -0.3 is 15.7 Å². The van der Waals surface area contributed by atoms with Crippen molar-refractivity contribution in [3.8, 4) is 0 Å². The van der Waals surface area contributed by atoms with Gasteiger partial charge in [0.05, 0.1) is 24.9 Å². The van der Waals surface area contributed by atoms with E-state index >= 15 is 0 Å². The number of nitrogens with zero attached hydrogens (tertiary/aromatic N) is 5. The molecular weight excluding hydrogens is 350 g/mol. The van der Waals surface area contributed by atoms with Gasteiger partial charge in [-0.15, -0.1) is 5.10 Å². The minimum absolute atomic E-state index is 0.113. The Bertz CT molecular complexity index is 758. The number of hydrogen-bond donors (Lipinski definition) is 3. The summed E-state index contributed by atoms with van der Waals surface area (Å²) in [6.45, 7) is 3.39. The molecule has 10 nitrogen and oxygen atoms in total. The van der Waals surface area contributed by atoms with Crippen molar-refractivity contribution in [2.24, 2.45) is 5.92 Å². The van der Waals surface area contributed by atoms with Crippen LogP contribution in [-0.2, 0) is 22.7 Å². The molecular formula is C17H25N7O3. The molecule has 27 heavy (non-hydrogen) atoms. The summed E-state index contributed by atoms with van der Waals surface area (Å²) in [6.07, 6.45) is 5.34. The van der Waals surface area contributed by atoms with Crippen LogP contribution in [-0.4, -0.2) is 60.4 Å². The maximum atomic E-state index is 12.3. The molecule has 2 aromatic rings. The Hall–Kier alpha value is -2.75. The molecule has 1 aliphatic rings. The molecule has 0 aliphatic heterocycles. The lowest BCUT2D eigenvalue weighted by Crippen LogP contribution is -2.40. The second-order valence-electron chi connectivity index (χ2n) is 6.81. The Morgan fingerprint density at radius 2 is 2.15 bits per heavy atom. The molecule has 2 heterocycles. The molecule has 0 bridgehead atoms. The average molecular weight is 375 g/mol. The number of rotatable bonds is 8. The Morgan fingerprint density at radius 1 is 1.30 bits per heavy atom. The van der Waals surface area contributed by atoms with E-state index in [4.69, 9.17) is 0 Å². The van der Waals surface area contributed by atoms with Gasteiger partial charge in [0.1, 0.15) is 0 Å². The molecule has 10 heteroatoms. The van der Waals surface area contributed by atoms with Crippen molar-refractivity contribution in [3.05, 3.63) is 30.4 Å². The first-order valence-corrected chi connectivity index (χ1v) is 9.10. The highest BCUT2D eigenvalue weighted by molar-refractivity contribution is 5.80. The Labute approximate surface area is 156 Å². The van der Waals surface area contributed by atoms with Gasteiger partial charge in [-0.2, -0.15) is 5.10 Å². The number of carbonyl (C=O) groups excluding carboxylic acids is 2. The molecule has 1 fully saturated rings. The van der Waals surface area contributed by atoms with Gasteiger partial charge in [0.15, 0.2) is 0 Å². The number of amides is 2. The molecule has 0 saturated heterocycles. The van der Waals surface area contributed by atoms with Crippen LogP contribution in [0.25, 0.3) is 0 Å². The maximum absolute atomic E-state index is 12.3. The van der Waals surface area contributed by atoms with E-state index < -0.39 is 12.1 Å². The van der Waals surface area contributed by atoms with Crippen LogP contribution in [0.1, 0.15) is 25.0 Å². The van der Waals surface area contributed by atoms with Crippen molar-refractivity contribution in [2.45, 2.75) is 51.4 Å². The third kappa shape index (κ3) is 5.13. The highest BCUT2D eigenvalue weighted by Gasteiger charge is 2.37. The number of aryl methyl sites for hydroxylation is 2. The van der Waals surface area contributed by atoms with Gasteiger partial charge in [-0.3, -0.25) is 19.0 Å². The molecule has 1 saturated carbocycles. The predicted octanol–water partition coefficient (Wildman–Crippen LogP) is -0.755. The normalized spacial score (nSPS) is 21.9. The lowest BCUT2D eigenvalue weighted by molar-refractivity contribution is -0.125. The van der Waals surface area contributed by atoms with Gasteiger partial charge in [0.2, 0.25) is 11.8 Å². The van der Waals surface area contributed by atoms with Gasteiger partial charge in [0.25, 0.3) is 0 Å². The molecule has 2 aromatic heterocycles. The molecule has 0 aromatic carbocycles. The lowest BCUT2D eigenvalue weighted by Gasteiger charge is -2.16. The predicted molar refractivity (Wildman–Crippen MR) is 95.3 cm³/mol. The van der Waals surface area contributed by atoms with Crippen LogP contribution < -0.4 is 10.6 Å². The molecule has 0 unspecified atom stereocenters. The Kier molecular flexibility index (Phi) is 6.17. The smallest absolute Gasteiger partial charge is 0.223 e. The summed E-state index contributed by atoms with van der Waals surface area (Å²) in [6, 6.07) is 1.48. The molecule has 0 radical (unpaired) electrons. The van der Waals surface area contributed by atoms with E-state index in [0.29, 0.717) is 32.5 Å². The van der Waals surface area contributed by atoms with Crippen LogP contribution >= 0.6 is 0 Å². The second-order valence-corrected chi connectivity index (χ2v) is 6.81. The summed E-state index contributed by atoms with van der Waals surface area (Å²) >= 11 is 0. The minimum Gasteiger partial charge on any atom is -0.391 e. The number of carbonyl (C=O) groups is 2. The van der Waals surface area contributed by atoms with Gasteiger partial charge in [-0.25, -0.2) is 0 Å². The molecule has 3 atom stereocenters. The third-order valence-corrected chi connectivity index (χ3v) is 4.84. The minimum atomic E-state index is -0.716. The standard InChI is InChI=1S/C17H25N7O3/c1-12-2-4-20-24(12)7-3-16(26)21-14-10-13(11-15(14)25)17(27)18-5-8-23-9-6-19-22-23/h2,4,6,9,13-15,25H,3,5,7-8,10-11H2,1H3,(H,18,27)(H,21,26)/t13-,14-,15-/m0/s1. The number of nitrogens with one attached hydrogen (secondary N) is 2. The molecule has 0 spiro atoms. The average Bonchev–Trinajstić information content (AvgIpc) is 3.36. The number of aliphatic hydroxyl groups excluding tert-OH is 1. The van der Waals surface area contributed by atoms with E-state index in [2.05, 4.69) is 26.0 Å². The first-order valence-electron chi connectivity index (χ1n) is 9.10. The second kappa shape index (κ2) is 8.76. The van der Waals surface area contributed by atoms with Crippen LogP contribution in [0, 0.1) is 12.8 Å². The SMILES string of the molecule is Cc1ccnn1CCC(=O)N[C@H]1C[C@H](C(=O)NCCn2ccnn2)C[C@@H]1O. The quantitative estimate of drug-likeness (QED) is 0.557. The van der Waals surface area contributed by atoms with Crippen molar-refractivity contribution >= 4 is 11.8 Å². The van der Waals surface area contributed by atoms with Crippen molar-refractivity contribution < 1.29 is 14.7 Å². The van der Waals surface area contributed by atoms with Crippen LogP contribution in [0.3, 0.4) is 0 Å². The fourth-order valence-corrected chi connectivity index (χ4v) is 3.29. The summed E-state index contributed by atoms with van der Waals surface area (Å²) < 4.78 is 3.39. The Balaban J connectivity index is 1.39. The monoisotopic (exact) mass is 375 g/mol. The van der Waals surface area contributed by atoms with Crippen molar-refractivity contribution in [2.75, 3.05) is 6.54 Å². The highest BCUT2D eigenvalue weighted by atomic mass is 16.3. The number of hydrogen-bond acceptors (Lipinski definition) is 6. The van der Waals surface area contributed by atoms with E-state index in [9.17, 15) is 14.7 Å². The van der Waals surface area contributed by atoms with Crippen LogP contribution in [0.5, 0.6) is 0 Å². The molecule has 3 rings (SSSR count). The third-order valence-electron chi connectivity index (χ3n) is 4.84. The van der Waals surface area contributed by atoms with Crippen LogP contribution in [0.4, 0.5) is 0 Å². The van der Waals surface area contributed by atoms with E-state index in [1.165, 1.54) is 0 Å². The summed E-state index contributed by atoms with van der Waals surface area (Å²) in [5, 5.41) is 27.6. The molecule has 3 N–H and O–H groups in total. The highest BCUT2D eigenvalue weighted by Crippen LogP contribution is 2.26. The zero-order valence-corrected chi connectivity index (χ0v) is 15.3. The summed E-state index contributed by atoms with van der Waals surface area (Å²) in [7, 11) is 0. The zero-order chi connectivity index (χ0) is 19.2. The van der Waals surface area contributed by atoms with Gasteiger partial charge in [-0.1, -0.05) is 5.21 Å². The van der Waals surface area contributed by atoms with E-state index in [0.717, 1.165) is 5.69 Å². The summed E-state index contributed by atoms with van der Waals surface area (Å²) in [5.41, 5.74) is 0.992. The van der Waals surface area contributed by atoms with Gasteiger partial charge in [-0.05, 0) is 25.8 Å². The fourth-order valence-electron chi connectivity index (χ4n) is 3.29. The maximum Gasteiger partial charge on any atom is 0.223 e. The number of aromatic nitrogens is 5.